The molecule has 2 rings (SSSR count). The second-order valence-corrected chi connectivity index (χ2v) is 5.27. The predicted molar refractivity (Wildman–Crippen MR) is 70.8 cm³/mol. The van der Waals surface area contributed by atoms with Crippen LogP contribution in [0.15, 0.2) is 24.3 Å². The molecule has 1 saturated heterocycles. The van der Waals surface area contributed by atoms with Gasteiger partial charge < -0.3 is 4.90 Å². The number of halogens is 4. The Labute approximate surface area is 120 Å². The van der Waals surface area contributed by atoms with E-state index in [9.17, 15) is 18.0 Å². The number of hydrogen-bond acceptors (Lipinski definition) is 1. The van der Waals surface area contributed by atoms with Gasteiger partial charge in [-0.2, -0.15) is 13.2 Å². The molecular weight excluding hydrogens is 291 g/mol. The summed E-state index contributed by atoms with van der Waals surface area (Å²) < 4.78 is 38.8. The lowest BCUT2D eigenvalue weighted by Crippen LogP contribution is -2.41. The number of benzene rings is 1. The molecule has 1 heterocycles. The smallest absolute Gasteiger partial charge is 0.338 e. The van der Waals surface area contributed by atoms with Gasteiger partial charge in [0.1, 0.15) is 0 Å². The standard InChI is InChI=1S/C14H15ClF3NO/c15-8-10-4-3-7-19(9-10)13(20)11-5-1-2-6-12(11)14(16,17)18/h1-2,5-6,10H,3-4,7-9H2. The zero-order valence-electron chi connectivity index (χ0n) is 10.8. The van der Waals surface area contributed by atoms with E-state index in [0.717, 1.165) is 18.9 Å². The van der Waals surface area contributed by atoms with Crippen LogP contribution in [0.4, 0.5) is 13.2 Å². The van der Waals surface area contributed by atoms with E-state index in [1.54, 1.807) is 0 Å². The fourth-order valence-corrected chi connectivity index (χ4v) is 2.71. The first-order valence-corrected chi connectivity index (χ1v) is 6.98. The van der Waals surface area contributed by atoms with E-state index in [4.69, 9.17) is 11.6 Å². The Balaban J connectivity index is 2.25. The number of likely N-dealkylation sites (tertiary alicyclic amines) is 1. The third kappa shape index (κ3) is 3.26. The van der Waals surface area contributed by atoms with Crippen LogP contribution in [0.5, 0.6) is 0 Å². The maximum atomic E-state index is 12.9. The van der Waals surface area contributed by atoms with Gasteiger partial charge in [-0.05, 0) is 30.9 Å². The minimum Gasteiger partial charge on any atom is -0.338 e. The van der Waals surface area contributed by atoms with Gasteiger partial charge in [0.2, 0.25) is 0 Å². The van der Waals surface area contributed by atoms with Crippen LogP contribution in [-0.2, 0) is 6.18 Å². The summed E-state index contributed by atoms with van der Waals surface area (Å²) >= 11 is 5.78. The molecular formula is C14H15ClF3NO. The molecule has 0 saturated carbocycles. The first kappa shape index (κ1) is 15.2. The van der Waals surface area contributed by atoms with Crippen molar-refractivity contribution < 1.29 is 18.0 Å². The quantitative estimate of drug-likeness (QED) is 0.761. The summed E-state index contributed by atoms with van der Waals surface area (Å²) in [6, 6.07) is 4.91. The minimum absolute atomic E-state index is 0.160. The van der Waals surface area contributed by atoms with Gasteiger partial charge in [0.25, 0.3) is 5.91 Å². The summed E-state index contributed by atoms with van der Waals surface area (Å²) in [6.07, 6.45) is -2.83. The van der Waals surface area contributed by atoms with Crippen molar-refractivity contribution in [1.82, 2.24) is 4.90 Å². The minimum atomic E-state index is -4.52. The van der Waals surface area contributed by atoms with Crippen molar-refractivity contribution in [3.05, 3.63) is 35.4 Å². The van der Waals surface area contributed by atoms with Gasteiger partial charge in [-0.25, -0.2) is 0 Å². The van der Waals surface area contributed by atoms with Gasteiger partial charge >= 0.3 is 6.18 Å². The van der Waals surface area contributed by atoms with Crippen molar-refractivity contribution in [3.63, 3.8) is 0 Å². The predicted octanol–water partition coefficient (Wildman–Crippen LogP) is 3.80. The topological polar surface area (TPSA) is 20.3 Å². The van der Waals surface area contributed by atoms with Crippen molar-refractivity contribution in [1.29, 1.82) is 0 Å². The fourth-order valence-electron chi connectivity index (χ4n) is 2.46. The van der Waals surface area contributed by atoms with E-state index < -0.39 is 17.6 Å². The first-order chi connectivity index (χ1) is 9.43. The van der Waals surface area contributed by atoms with Gasteiger partial charge in [0, 0.05) is 19.0 Å². The molecule has 1 aromatic rings. The molecule has 1 atom stereocenters. The van der Waals surface area contributed by atoms with Crippen molar-refractivity contribution >= 4 is 17.5 Å². The number of nitrogens with zero attached hydrogens (tertiary/aromatic N) is 1. The molecule has 2 nitrogen and oxygen atoms in total. The summed E-state index contributed by atoms with van der Waals surface area (Å²) in [4.78, 5) is 13.8. The lowest BCUT2D eigenvalue weighted by atomic mass is 9.98. The number of rotatable bonds is 2. The Bertz CT molecular complexity index is 490. The molecule has 1 unspecified atom stereocenters. The van der Waals surface area contributed by atoms with Crippen molar-refractivity contribution in [2.45, 2.75) is 19.0 Å². The molecule has 0 aromatic heterocycles. The second-order valence-electron chi connectivity index (χ2n) is 4.96. The van der Waals surface area contributed by atoms with E-state index in [2.05, 4.69) is 0 Å². The molecule has 0 aliphatic carbocycles. The largest absolute Gasteiger partial charge is 0.417 e. The van der Waals surface area contributed by atoms with Gasteiger partial charge in [-0.1, -0.05) is 12.1 Å². The number of carbonyl (C=O) groups is 1. The molecule has 110 valence electrons. The molecule has 1 aromatic carbocycles. The van der Waals surface area contributed by atoms with Crippen LogP contribution in [0, 0.1) is 5.92 Å². The lowest BCUT2D eigenvalue weighted by molar-refractivity contribution is -0.138. The van der Waals surface area contributed by atoms with Crippen molar-refractivity contribution in [3.8, 4) is 0 Å². The van der Waals surface area contributed by atoms with E-state index in [-0.39, 0.29) is 11.5 Å². The highest BCUT2D eigenvalue weighted by molar-refractivity contribution is 6.18. The van der Waals surface area contributed by atoms with Crippen LogP contribution in [0.3, 0.4) is 0 Å². The Morgan fingerprint density at radius 2 is 2.05 bits per heavy atom. The first-order valence-electron chi connectivity index (χ1n) is 6.45. The Kier molecular flexibility index (Phi) is 4.58. The van der Waals surface area contributed by atoms with E-state index in [0.29, 0.717) is 19.0 Å². The van der Waals surface area contributed by atoms with E-state index in [1.165, 1.54) is 23.1 Å². The van der Waals surface area contributed by atoms with Crippen LogP contribution in [0.25, 0.3) is 0 Å². The highest BCUT2D eigenvalue weighted by Crippen LogP contribution is 2.33. The van der Waals surface area contributed by atoms with E-state index >= 15 is 0 Å². The van der Waals surface area contributed by atoms with Crippen LogP contribution in [0.2, 0.25) is 0 Å². The van der Waals surface area contributed by atoms with Crippen molar-refractivity contribution in [2.75, 3.05) is 19.0 Å². The summed E-state index contributed by atoms with van der Waals surface area (Å²) in [5.41, 5.74) is -1.16. The molecule has 1 fully saturated rings. The Morgan fingerprint density at radius 1 is 1.35 bits per heavy atom. The molecule has 0 radical (unpaired) electrons. The van der Waals surface area contributed by atoms with Crippen LogP contribution < -0.4 is 0 Å². The van der Waals surface area contributed by atoms with Crippen LogP contribution in [0.1, 0.15) is 28.8 Å². The average Bonchev–Trinajstić information content (AvgIpc) is 2.45. The lowest BCUT2D eigenvalue weighted by Gasteiger charge is -2.32. The van der Waals surface area contributed by atoms with Crippen LogP contribution in [-0.4, -0.2) is 29.8 Å². The van der Waals surface area contributed by atoms with Gasteiger partial charge in [0.15, 0.2) is 0 Å². The molecule has 1 aliphatic heterocycles. The Hall–Kier alpha value is -1.23. The van der Waals surface area contributed by atoms with E-state index in [1.807, 2.05) is 0 Å². The highest BCUT2D eigenvalue weighted by Gasteiger charge is 2.36. The maximum Gasteiger partial charge on any atom is 0.417 e. The number of hydrogen-bond donors (Lipinski definition) is 0. The third-order valence-corrected chi connectivity index (χ3v) is 3.92. The third-order valence-electron chi connectivity index (χ3n) is 3.49. The summed E-state index contributed by atoms with van der Waals surface area (Å²) in [6.45, 7) is 0.910. The zero-order valence-corrected chi connectivity index (χ0v) is 11.5. The molecule has 20 heavy (non-hydrogen) atoms. The SMILES string of the molecule is O=C(c1ccccc1C(F)(F)F)N1CCCC(CCl)C1. The van der Waals surface area contributed by atoms with Gasteiger partial charge in [-0.3, -0.25) is 4.79 Å². The van der Waals surface area contributed by atoms with Gasteiger partial charge in [0.05, 0.1) is 11.1 Å². The summed E-state index contributed by atoms with van der Waals surface area (Å²) in [7, 11) is 0. The van der Waals surface area contributed by atoms with Gasteiger partial charge in [-0.15, -0.1) is 11.6 Å². The average molecular weight is 306 g/mol. The molecule has 0 bridgehead atoms. The van der Waals surface area contributed by atoms with Crippen molar-refractivity contribution in [2.24, 2.45) is 5.92 Å². The number of piperidine rings is 1. The number of amides is 1. The fraction of sp³-hybridized carbons (Fsp3) is 0.500. The normalized spacial score (nSPS) is 20.0. The molecule has 0 spiro atoms. The zero-order chi connectivity index (χ0) is 14.8. The van der Waals surface area contributed by atoms with Crippen LogP contribution >= 0.6 is 11.6 Å². The molecule has 1 aliphatic rings. The molecule has 6 heteroatoms. The highest BCUT2D eigenvalue weighted by atomic mass is 35.5. The molecule has 1 amide bonds. The molecule has 0 N–H and O–H groups in total. The number of alkyl halides is 4. The number of carbonyl (C=O) groups excluding carboxylic acids is 1. The monoisotopic (exact) mass is 305 g/mol. The Morgan fingerprint density at radius 3 is 2.70 bits per heavy atom. The second kappa shape index (κ2) is 6.04. The maximum absolute atomic E-state index is 12.9. The summed E-state index contributed by atoms with van der Waals surface area (Å²) in [5.74, 6) is 0.0187. The summed E-state index contributed by atoms with van der Waals surface area (Å²) in [5, 5.41) is 0.